The van der Waals surface area contributed by atoms with Gasteiger partial charge < -0.3 is 10.4 Å². The van der Waals surface area contributed by atoms with Crippen molar-refractivity contribution < 1.29 is 5.11 Å². The lowest BCUT2D eigenvalue weighted by Gasteiger charge is -2.30. The second-order valence-corrected chi connectivity index (χ2v) is 5.63. The van der Waals surface area contributed by atoms with E-state index in [0.717, 1.165) is 18.0 Å². The molecule has 0 aromatic rings. The molecule has 0 aliphatic heterocycles. The molecule has 122 valence electrons. The minimum absolute atomic E-state index is 0.234. The number of hydrogen-bond acceptors (Lipinski definition) is 2. The molecular formula is C19H35NO. The number of rotatable bonds is 7. The van der Waals surface area contributed by atoms with Crippen LogP contribution in [0, 0.1) is 11.8 Å². The average Bonchev–Trinajstić information content (AvgIpc) is 2.50. The van der Waals surface area contributed by atoms with E-state index in [9.17, 15) is 0 Å². The Labute approximate surface area is 132 Å². The van der Waals surface area contributed by atoms with E-state index in [2.05, 4.69) is 37.0 Å². The van der Waals surface area contributed by atoms with E-state index in [1.54, 1.807) is 0 Å². The van der Waals surface area contributed by atoms with Crippen molar-refractivity contribution in [3.63, 3.8) is 0 Å². The first-order valence-electron chi connectivity index (χ1n) is 8.48. The average molecular weight is 293 g/mol. The van der Waals surface area contributed by atoms with Gasteiger partial charge in [-0.2, -0.15) is 0 Å². The summed E-state index contributed by atoms with van der Waals surface area (Å²) in [5, 5.41) is 12.1. The van der Waals surface area contributed by atoms with Crippen LogP contribution in [0.5, 0.6) is 0 Å². The van der Waals surface area contributed by atoms with Gasteiger partial charge in [0.15, 0.2) is 0 Å². The van der Waals surface area contributed by atoms with Gasteiger partial charge in [0.1, 0.15) is 0 Å². The first-order valence-corrected chi connectivity index (χ1v) is 8.48. The second kappa shape index (κ2) is 12.8. The molecule has 0 spiro atoms. The number of nitrogens with one attached hydrogen (secondary N) is 1. The van der Waals surface area contributed by atoms with E-state index >= 15 is 0 Å². The topological polar surface area (TPSA) is 32.3 Å². The SMILES string of the molecule is C=C(C)/C=C\C(=C/C)C1CCCC(CNCCO)C1.CC. The number of aliphatic hydroxyl groups excluding tert-OH is 1. The van der Waals surface area contributed by atoms with Gasteiger partial charge >= 0.3 is 0 Å². The Kier molecular flexibility index (Phi) is 12.3. The molecule has 0 aromatic carbocycles. The maximum atomic E-state index is 8.81. The van der Waals surface area contributed by atoms with E-state index in [1.807, 2.05) is 20.8 Å². The fourth-order valence-electron chi connectivity index (χ4n) is 2.87. The molecule has 2 N–H and O–H groups in total. The molecule has 0 radical (unpaired) electrons. The Balaban J connectivity index is 0.00000191. The van der Waals surface area contributed by atoms with Crippen molar-refractivity contribution in [3.05, 3.63) is 36.0 Å². The highest BCUT2D eigenvalue weighted by atomic mass is 16.3. The van der Waals surface area contributed by atoms with Crippen LogP contribution in [0.15, 0.2) is 36.0 Å². The summed E-state index contributed by atoms with van der Waals surface area (Å²) in [5.74, 6) is 1.44. The van der Waals surface area contributed by atoms with Crippen molar-refractivity contribution in [3.8, 4) is 0 Å². The van der Waals surface area contributed by atoms with Crippen molar-refractivity contribution in [2.24, 2.45) is 11.8 Å². The van der Waals surface area contributed by atoms with Crippen LogP contribution in [0.25, 0.3) is 0 Å². The third-order valence-electron chi connectivity index (χ3n) is 3.87. The smallest absolute Gasteiger partial charge is 0.0555 e. The second-order valence-electron chi connectivity index (χ2n) is 5.63. The van der Waals surface area contributed by atoms with Crippen molar-refractivity contribution in [1.29, 1.82) is 0 Å². The van der Waals surface area contributed by atoms with E-state index in [-0.39, 0.29) is 6.61 Å². The lowest BCUT2D eigenvalue weighted by atomic mass is 9.77. The van der Waals surface area contributed by atoms with Gasteiger partial charge in [-0.05, 0) is 57.1 Å². The predicted octanol–water partition coefficient (Wildman–Crippen LogP) is 4.48. The van der Waals surface area contributed by atoms with Gasteiger partial charge in [-0.1, -0.05) is 50.6 Å². The number of allylic oxidation sites excluding steroid dienone is 5. The molecule has 1 saturated carbocycles. The molecule has 0 bridgehead atoms. The minimum atomic E-state index is 0.234. The standard InChI is InChI=1S/C17H29NO.C2H6/c1-4-16(9-8-14(2)3)17-7-5-6-15(12-17)13-18-10-11-19;1-2/h4,8-9,15,17-19H,2,5-7,10-13H2,1,3H3;1-2H3/b9-8-,16-4+;. The number of hydrogen-bond donors (Lipinski definition) is 2. The summed E-state index contributed by atoms with van der Waals surface area (Å²) < 4.78 is 0. The van der Waals surface area contributed by atoms with Gasteiger partial charge in [0.25, 0.3) is 0 Å². The molecule has 0 saturated heterocycles. The van der Waals surface area contributed by atoms with Crippen LogP contribution in [-0.2, 0) is 0 Å². The molecule has 2 nitrogen and oxygen atoms in total. The van der Waals surface area contributed by atoms with Crippen LogP contribution in [-0.4, -0.2) is 24.8 Å². The van der Waals surface area contributed by atoms with Crippen LogP contribution in [0.2, 0.25) is 0 Å². The predicted molar refractivity (Wildman–Crippen MR) is 94.5 cm³/mol. The highest BCUT2D eigenvalue weighted by Gasteiger charge is 2.23. The zero-order valence-corrected chi connectivity index (χ0v) is 14.5. The van der Waals surface area contributed by atoms with Crippen molar-refractivity contribution in [2.45, 2.75) is 53.4 Å². The Morgan fingerprint density at radius 2 is 2.00 bits per heavy atom. The first kappa shape index (κ1) is 20.1. The van der Waals surface area contributed by atoms with E-state index < -0.39 is 0 Å². The van der Waals surface area contributed by atoms with Crippen LogP contribution < -0.4 is 5.32 Å². The van der Waals surface area contributed by atoms with Gasteiger partial charge in [0, 0.05) is 6.54 Å². The third kappa shape index (κ3) is 8.90. The molecule has 1 fully saturated rings. The van der Waals surface area contributed by atoms with Gasteiger partial charge in [0.05, 0.1) is 6.61 Å². The zero-order valence-electron chi connectivity index (χ0n) is 14.5. The molecule has 1 aliphatic carbocycles. The summed E-state index contributed by atoms with van der Waals surface area (Å²) in [4.78, 5) is 0. The molecule has 2 unspecified atom stereocenters. The van der Waals surface area contributed by atoms with Crippen LogP contribution in [0.3, 0.4) is 0 Å². The summed E-state index contributed by atoms with van der Waals surface area (Å²) >= 11 is 0. The lowest BCUT2D eigenvalue weighted by Crippen LogP contribution is -2.29. The normalized spacial score (nSPS) is 22.8. The van der Waals surface area contributed by atoms with Gasteiger partial charge in [-0.3, -0.25) is 0 Å². The summed E-state index contributed by atoms with van der Waals surface area (Å²) in [6.45, 7) is 14.1. The minimum Gasteiger partial charge on any atom is -0.395 e. The molecular weight excluding hydrogens is 258 g/mol. The Hall–Kier alpha value is -0.860. The van der Waals surface area contributed by atoms with Gasteiger partial charge in [0.2, 0.25) is 0 Å². The van der Waals surface area contributed by atoms with E-state index in [1.165, 1.54) is 31.3 Å². The maximum absolute atomic E-state index is 8.81. The van der Waals surface area contributed by atoms with Crippen molar-refractivity contribution >= 4 is 0 Å². The molecule has 21 heavy (non-hydrogen) atoms. The fourth-order valence-corrected chi connectivity index (χ4v) is 2.87. The van der Waals surface area contributed by atoms with Crippen LogP contribution in [0.1, 0.15) is 53.4 Å². The molecule has 2 heteroatoms. The first-order chi connectivity index (χ1) is 10.2. The van der Waals surface area contributed by atoms with Crippen molar-refractivity contribution in [2.75, 3.05) is 19.7 Å². The fraction of sp³-hybridized carbons (Fsp3) is 0.684. The largest absolute Gasteiger partial charge is 0.395 e. The molecule has 0 heterocycles. The Bertz CT molecular complexity index is 330. The Morgan fingerprint density at radius 1 is 1.29 bits per heavy atom. The summed E-state index contributed by atoms with van der Waals surface area (Å²) in [6, 6.07) is 0. The summed E-state index contributed by atoms with van der Waals surface area (Å²) in [6.07, 6.45) is 11.8. The quantitative estimate of drug-likeness (QED) is 0.536. The highest BCUT2D eigenvalue weighted by molar-refractivity contribution is 5.27. The molecule has 2 atom stereocenters. The van der Waals surface area contributed by atoms with Gasteiger partial charge in [-0.25, -0.2) is 0 Å². The molecule has 1 aliphatic rings. The Morgan fingerprint density at radius 3 is 2.57 bits per heavy atom. The summed E-state index contributed by atoms with van der Waals surface area (Å²) in [5.41, 5.74) is 2.56. The van der Waals surface area contributed by atoms with Crippen LogP contribution in [0.4, 0.5) is 0 Å². The van der Waals surface area contributed by atoms with Gasteiger partial charge in [-0.15, -0.1) is 0 Å². The third-order valence-corrected chi connectivity index (χ3v) is 3.87. The molecule has 1 rings (SSSR count). The highest BCUT2D eigenvalue weighted by Crippen LogP contribution is 2.34. The zero-order chi connectivity index (χ0) is 16.1. The van der Waals surface area contributed by atoms with E-state index in [4.69, 9.17) is 5.11 Å². The van der Waals surface area contributed by atoms with Crippen molar-refractivity contribution in [1.82, 2.24) is 5.32 Å². The van der Waals surface area contributed by atoms with Crippen LogP contribution >= 0.6 is 0 Å². The molecule has 0 amide bonds. The molecule has 0 aromatic heterocycles. The van der Waals surface area contributed by atoms with E-state index in [0.29, 0.717) is 12.5 Å². The number of aliphatic hydroxyl groups is 1. The monoisotopic (exact) mass is 293 g/mol. The summed E-state index contributed by atoms with van der Waals surface area (Å²) in [7, 11) is 0. The lowest BCUT2D eigenvalue weighted by molar-refractivity contribution is 0.262. The maximum Gasteiger partial charge on any atom is 0.0555 e.